The molecule has 0 rings (SSSR count). The summed E-state index contributed by atoms with van der Waals surface area (Å²) in [5, 5.41) is 7.80. The van der Waals surface area contributed by atoms with Crippen LogP contribution in [0.5, 0.6) is 0 Å². The smallest absolute Gasteiger partial charge is 0.192 e. The normalized spacial score (nSPS) is 6.00. The zero-order valence-electron chi connectivity index (χ0n) is 3.73. The summed E-state index contributed by atoms with van der Waals surface area (Å²) >= 11 is 0. The molecule has 0 saturated heterocycles. The predicted molar refractivity (Wildman–Crippen MR) is 25.6 cm³/mol. The summed E-state index contributed by atoms with van der Waals surface area (Å²) < 4.78 is 0. The van der Waals surface area contributed by atoms with Gasteiger partial charge in [-0.25, -0.2) is 5.43 Å². The topological polar surface area (TPSA) is 47.8 Å². The van der Waals surface area contributed by atoms with Gasteiger partial charge in [0.25, 0.3) is 0 Å². The third-order valence-corrected chi connectivity index (χ3v) is 0.335. The van der Waals surface area contributed by atoms with E-state index < -0.39 is 0 Å². The molecule has 0 aliphatic carbocycles. The fourth-order valence-electron chi connectivity index (χ4n) is 0.135. The van der Waals surface area contributed by atoms with Crippen LogP contribution in [0.1, 0.15) is 0 Å². The van der Waals surface area contributed by atoms with Crippen LogP contribution in [0.3, 0.4) is 0 Å². The van der Waals surface area contributed by atoms with Crippen molar-refractivity contribution in [1.29, 1.82) is 5.26 Å². The minimum Gasteiger partial charge on any atom is -0.257 e. The minimum absolute atomic E-state index is 0.369. The van der Waals surface area contributed by atoms with Crippen LogP contribution in [0.4, 0.5) is 0 Å². The highest BCUT2D eigenvalue weighted by Crippen LogP contribution is 1.41. The molecule has 0 aromatic heterocycles. The number of nitrogens with zero attached hydrogens (tertiary/aromatic N) is 1. The molecule has 0 radical (unpaired) electrons. The van der Waals surface area contributed by atoms with Gasteiger partial charge in [0.1, 0.15) is 0 Å². The zero-order valence-corrected chi connectivity index (χ0v) is 3.73. The number of hydrazine groups is 1. The molecule has 3 nitrogen and oxygen atoms in total. The van der Waals surface area contributed by atoms with Gasteiger partial charge in [0.05, 0.1) is 6.54 Å². The van der Waals surface area contributed by atoms with Gasteiger partial charge < -0.3 is 0 Å². The van der Waals surface area contributed by atoms with E-state index in [1.165, 1.54) is 0 Å². The van der Waals surface area contributed by atoms with Crippen LogP contribution in [0.25, 0.3) is 0 Å². The Bertz CT molecular complexity index is 91.1. The first-order valence-corrected chi connectivity index (χ1v) is 1.72. The fraction of sp³-hybridized carbons (Fsp3) is 0.250. The Morgan fingerprint density at radius 1 is 1.71 bits per heavy atom. The second-order valence-corrected chi connectivity index (χ2v) is 0.794. The molecule has 0 fully saturated rings. The quantitative estimate of drug-likeness (QED) is 0.155. The van der Waals surface area contributed by atoms with E-state index in [-0.39, 0.29) is 0 Å². The van der Waals surface area contributed by atoms with Crippen LogP contribution >= 0.6 is 0 Å². The van der Waals surface area contributed by atoms with Crippen molar-refractivity contribution >= 4 is 0 Å². The van der Waals surface area contributed by atoms with Gasteiger partial charge in [-0.2, -0.15) is 5.26 Å². The first kappa shape index (κ1) is 5.81. The number of rotatable bonds is 2. The highest BCUT2D eigenvalue weighted by Gasteiger charge is 1.68. The van der Waals surface area contributed by atoms with E-state index in [1.54, 1.807) is 6.19 Å². The van der Waals surface area contributed by atoms with Gasteiger partial charge in [-0.1, -0.05) is 5.92 Å². The van der Waals surface area contributed by atoms with Crippen molar-refractivity contribution < 1.29 is 0 Å². The van der Waals surface area contributed by atoms with Crippen molar-refractivity contribution in [2.75, 3.05) is 6.54 Å². The Labute approximate surface area is 42.3 Å². The Morgan fingerprint density at radius 2 is 2.43 bits per heavy atom. The van der Waals surface area contributed by atoms with E-state index >= 15 is 0 Å². The SMILES string of the molecule is C#CCNNC#N. The maximum absolute atomic E-state index is 7.80. The van der Waals surface area contributed by atoms with E-state index in [4.69, 9.17) is 11.7 Å². The van der Waals surface area contributed by atoms with E-state index in [0.717, 1.165) is 0 Å². The van der Waals surface area contributed by atoms with E-state index in [0.29, 0.717) is 6.54 Å². The summed E-state index contributed by atoms with van der Waals surface area (Å²) in [4.78, 5) is 0. The second kappa shape index (κ2) is 4.81. The van der Waals surface area contributed by atoms with Crippen LogP contribution in [0.15, 0.2) is 0 Å². The van der Waals surface area contributed by atoms with Gasteiger partial charge in [0.2, 0.25) is 0 Å². The molecule has 0 heterocycles. The number of nitriles is 1. The Balaban J connectivity index is 2.77. The summed E-state index contributed by atoms with van der Waals surface area (Å²) in [6.45, 7) is 0.369. The van der Waals surface area contributed by atoms with E-state index in [1.807, 2.05) is 0 Å². The van der Waals surface area contributed by atoms with Gasteiger partial charge >= 0.3 is 0 Å². The molecule has 3 heteroatoms. The molecular formula is C4H5N3. The molecule has 0 bridgehead atoms. The fourth-order valence-corrected chi connectivity index (χ4v) is 0.135. The monoisotopic (exact) mass is 95.0 g/mol. The molecule has 0 spiro atoms. The zero-order chi connectivity index (χ0) is 5.54. The lowest BCUT2D eigenvalue weighted by molar-refractivity contribution is 0.703. The van der Waals surface area contributed by atoms with Crippen LogP contribution in [0, 0.1) is 23.8 Å². The summed E-state index contributed by atoms with van der Waals surface area (Å²) in [7, 11) is 0. The average Bonchev–Trinajstić information content (AvgIpc) is 1.69. The van der Waals surface area contributed by atoms with Gasteiger partial charge in [-0.05, 0) is 0 Å². The molecule has 7 heavy (non-hydrogen) atoms. The molecule has 0 unspecified atom stereocenters. The third kappa shape index (κ3) is 4.81. The Hall–Kier alpha value is -1.19. The Kier molecular flexibility index (Phi) is 3.99. The van der Waals surface area contributed by atoms with Gasteiger partial charge in [0, 0.05) is 0 Å². The standard InChI is InChI=1S/C4H5N3/c1-2-3-6-7-4-5/h1,6-7H,3H2. The van der Waals surface area contributed by atoms with Gasteiger partial charge in [-0.15, -0.1) is 6.42 Å². The maximum Gasteiger partial charge on any atom is 0.192 e. The van der Waals surface area contributed by atoms with Crippen LogP contribution in [0.2, 0.25) is 0 Å². The molecular weight excluding hydrogens is 90.1 g/mol. The lowest BCUT2D eigenvalue weighted by Gasteiger charge is -1.88. The highest BCUT2D eigenvalue weighted by molar-refractivity contribution is 4.86. The summed E-state index contributed by atoms with van der Waals surface area (Å²) in [5.41, 5.74) is 4.60. The maximum atomic E-state index is 7.80. The molecule has 0 atom stereocenters. The lowest BCUT2D eigenvalue weighted by Crippen LogP contribution is -2.26. The molecule has 0 aromatic carbocycles. The number of nitrogens with one attached hydrogen (secondary N) is 2. The van der Waals surface area contributed by atoms with Crippen molar-refractivity contribution in [3.63, 3.8) is 0 Å². The van der Waals surface area contributed by atoms with Crippen molar-refractivity contribution in [3.8, 4) is 18.5 Å². The minimum atomic E-state index is 0.369. The van der Waals surface area contributed by atoms with Gasteiger partial charge in [0.15, 0.2) is 6.19 Å². The lowest BCUT2D eigenvalue weighted by atomic mass is 10.7. The molecule has 0 saturated carbocycles. The van der Waals surface area contributed by atoms with Crippen molar-refractivity contribution in [2.24, 2.45) is 0 Å². The number of hydrogen-bond acceptors (Lipinski definition) is 3. The largest absolute Gasteiger partial charge is 0.257 e. The van der Waals surface area contributed by atoms with Crippen LogP contribution in [-0.2, 0) is 0 Å². The molecule has 2 N–H and O–H groups in total. The highest BCUT2D eigenvalue weighted by atomic mass is 15.3. The van der Waals surface area contributed by atoms with Crippen LogP contribution in [-0.4, -0.2) is 6.54 Å². The molecule has 0 amide bonds. The first-order chi connectivity index (χ1) is 3.41. The van der Waals surface area contributed by atoms with Crippen molar-refractivity contribution in [1.82, 2.24) is 10.9 Å². The first-order valence-electron chi connectivity index (χ1n) is 1.72. The average molecular weight is 95.1 g/mol. The summed E-state index contributed by atoms with van der Waals surface area (Å²) in [6.07, 6.45) is 6.45. The van der Waals surface area contributed by atoms with Crippen LogP contribution < -0.4 is 10.9 Å². The van der Waals surface area contributed by atoms with E-state index in [9.17, 15) is 0 Å². The van der Waals surface area contributed by atoms with E-state index in [2.05, 4.69) is 16.8 Å². The second-order valence-electron chi connectivity index (χ2n) is 0.794. The molecule has 0 aliphatic heterocycles. The Morgan fingerprint density at radius 3 is 2.86 bits per heavy atom. The summed E-state index contributed by atoms with van der Waals surface area (Å²) in [5.74, 6) is 2.28. The third-order valence-electron chi connectivity index (χ3n) is 0.335. The molecule has 0 aromatic rings. The molecule has 36 valence electrons. The predicted octanol–water partition coefficient (Wildman–Crippen LogP) is -0.805. The number of terminal acetylenes is 1. The summed E-state index contributed by atoms with van der Waals surface area (Å²) in [6, 6.07) is 0. The van der Waals surface area contributed by atoms with Gasteiger partial charge in [-0.3, -0.25) is 5.43 Å². The molecule has 0 aliphatic rings. The van der Waals surface area contributed by atoms with Crippen molar-refractivity contribution in [2.45, 2.75) is 0 Å². The van der Waals surface area contributed by atoms with Crippen molar-refractivity contribution in [3.05, 3.63) is 0 Å². The number of hydrogen-bond donors (Lipinski definition) is 2.